The molecule has 1 heterocycles. The first-order chi connectivity index (χ1) is 10.8. The molecule has 2 atom stereocenters. The van der Waals surface area contributed by atoms with E-state index < -0.39 is 12.2 Å². The lowest BCUT2D eigenvalue weighted by atomic mass is 10.0. The Hall–Kier alpha value is -2.24. The number of aliphatic hydroxyl groups is 1. The molecule has 2 aromatic carbocycles. The Balaban J connectivity index is 1.83. The monoisotopic (exact) mass is 301 g/mol. The van der Waals surface area contributed by atoms with Crippen molar-refractivity contribution in [3.63, 3.8) is 0 Å². The molecule has 1 aliphatic rings. The molecule has 3 rings (SSSR count). The van der Waals surface area contributed by atoms with Crippen LogP contribution in [0.5, 0.6) is 17.2 Å². The maximum Gasteiger partial charge on any atom is 0.231 e. The molecule has 22 heavy (non-hydrogen) atoms. The average molecular weight is 301 g/mol. The average Bonchev–Trinajstić information content (AvgIpc) is 3.01. The number of nitrogens with one attached hydrogen (secondary N) is 1. The van der Waals surface area contributed by atoms with E-state index in [4.69, 9.17) is 14.2 Å². The van der Waals surface area contributed by atoms with Gasteiger partial charge in [-0.1, -0.05) is 30.3 Å². The predicted octanol–water partition coefficient (Wildman–Crippen LogP) is 2.12. The van der Waals surface area contributed by atoms with E-state index in [0.29, 0.717) is 23.8 Å². The van der Waals surface area contributed by atoms with Crippen molar-refractivity contribution < 1.29 is 19.3 Å². The summed E-state index contributed by atoms with van der Waals surface area (Å²) in [6.07, 6.45) is -1.13. The van der Waals surface area contributed by atoms with Crippen LogP contribution in [0, 0.1) is 0 Å². The van der Waals surface area contributed by atoms with Crippen LogP contribution >= 0.6 is 0 Å². The molecule has 2 unspecified atom stereocenters. The molecule has 0 fully saturated rings. The van der Waals surface area contributed by atoms with Gasteiger partial charge in [0.2, 0.25) is 6.79 Å². The molecule has 0 saturated heterocycles. The van der Waals surface area contributed by atoms with E-state index in [9.17, 15) is 5.11 Å². The van der Waals surface area contributed by atoms with Crippen LogP contribution in [-0.4, -0.2) is 31.6 Å². The van der Waals surface area contributed by atoms with Gasteiger partial charge >= 0.3 is 0 Å². The molecule has 0 aromatic heterocycles. The van der Waals surface area contributed by atoms with Crippen LogP contribution in [0.3, 0.4) is 0 Å². The molecule has 1 aliphatic heterocycles. The van der Waals surface area contributed by atoms with Crippen molar-refractivity contribution in [2.24, 2.45) is 0 Å². The zero-order chi connectivity index (χ0) is 15.4. The van der Waals surface area contributed by atoms with E-state index in [1.165, 1.54) is 0 Å². The number of rotatable bonds is 6. The Morgan fingerprint density at radius 2 is 1.91 bits per heavy atom. The van der Waals surface area contributed by atoms with Crippen LogP contribution in [0.2, 0.25) is 0 Å². The number of benzene rings is 2. The quantitative estimate of drug-likeness (QED) is 0.856. The van der Waals surface area contributed by atoms with Gasteiger partial charge in [0, 0.05) is 12.6 Å². The van der Waals surface area contributed by atoms with Crippen molar-refractivity contribution in [3.05, 3.63) is 54.1 Å². The lowest BCUT2D eigenvalue weighted by Crippen LogP contribution is -2.32. The van der Waals surface area contributed by atoms with E-state index in [0.717, 1.165) is 5.56 Å². The zero-order valence-electron chi connectivity index (χ0n) is 12.4. The summed E-state index contributed by atoms with van der Waals surface area (Å²) in [4.78, 5) is 0. The number of ether oxygens (including phenoxy) is 3. The van der Waals surface area contributed by atoms with Gasteiger partial charge in [0.15, 0.2) is 17.6 Å². The van der Waals surface area contributed by atoms with Crippen molar-refractivity contribution in [2.75, 3.05) is 20.4 Å². The Morgan fingerprint density at radius 3 is 2.68 bits per heavy atom. The van der Waals surface area contributed by atoms with Gasteiger partial charge in [-0.3, -0.25) is 0 Å². The molecule has 0 radical (unpaired) electrons. The molecular weight excluding hydrogens is 282 g/mol. The number of hydrogen-bond donors (Lipinski definition) is 2. The van der Waals surface area contributed by atoms with E-state index in [1.54, 1.807) is 13.1 Å². The van der Waals surface area contributed by atoms with Crippen LogP contribution in [0.4, 0.5) is 0 Å². The fraction of sp³-hybridized carbons (Fsp3) is 0.294. The van der Waals surface area contributed by atoms with Crippen LogP contribution in [-0.2, 0) is 0 Å². The highest BCUT2D eigenvalue weighted by Gasteiger charge is 2.23. The van der Waals surface area contributed by atoms with Gasteiger partial charge in [-0.15, -0.1) is 0 Å². The first-order valence-corrected chi connectivity index (χ1v) is 7.22. The minimum atomic E-state index is -0.669. The topological polar surface area (TPSA) is 60.0 Å². The molecule has 0 saturated carbocycles. The third-order valence-corrected chi connectivity index (χ3v) is 3.50. The molecule has 0 aliphatic carbocycles. The number of hydrogen-bond acceptors (Lipinski definition) is 5. The SMILES string of the molecule is CNCC(O)C(Oc1ccc2c(c1)OCO2)c1ccccc1. The second-order valence-electron chi connectivity index (χ2n) is 5.09. The highest BCUT2D eigenvalue weighted by atomic mass is 16.7. The maximum atomic E-state index is 10.4. The Bertz CT molecular complexity index is 617. The highest BCUT2D eigenvalue weighted by Crippen LogP contribution is 2.36. The van der Waals surface area contributed by atoms with E-state index in [1.807, 2.05) is 42.5 Å². The summed E-state index contributed by atoms with van der Waals surface area (Å²) in [5, 5.41) is 13.3. The van der Waals surface area contributed by atoms with Gasteiger partial charge in [-0.05, 0) is 24.7 Å². The Labute approximate surface area is 129 Å². The molecule has 0 amide bonds. The Kier molecular flexibility index (Phi) is 4.46. The summed E-state index contributed by atoms with van der Waals surface area (Å²) in [5.74, 6) is 2.00. The van der Waals surface area contributed by atoms with Gasteiger partial charge in [0.05, 0.1) is 0 Å². The van der Waals surface area contributed by atoms with Crippen molar-refractivity contribution >= 4 is 0 Å². The number of likely N-dealkylation sites (N-methyl/N-ethyl adjacent to an activating group) is 1. The van der Waals surface area contributed by atoms with E-state index in [2.05, 4.69) is 5.32 Å². The van der Waals surface area contributed by atoms with Crippen LogP contribution in [0.1, 0.15) is 11.7 Å². The lowest BCUT2D eigenvalue weighted by Gasteiger charge is -2.24. The van der Waals surface area contributed by atoms with Crippen molar-refractivity contribution in [1.82, 2.24) is 5.32 Å². The Morgan fingerprint density at radius 1 is 1.14 bits per heavy atom. The van der Waals surface area contributed by atoms with Gasteiger partial charge in [-0.2, -0.15) is 0 Å². The van der Waals surface area contributed by atoms with Crippen molar-refractivity contribution in [2.45, 2.75) is 12.2 Å². The van der Waals surface area contributed by atoms with E-state index >= 15 is 0 Å². The molecule has 2 aromatic rings. The van der Waals surface area contributed by atoms with E-state index in [-0.39, 0.29) is 6.79 Å². The summed E-state index contributed by atoms with van der Waals surface area (Å²) in [6, 6.07) is 15.1. The number of fused-ring (bicyclic) bond motifs is 1. The second kappa shape index (κ2) is 6.68. The minimum absolute atomic E-state index is 0.225. The molecule has 0 bridgehead atoms. The lowest BCUT2D eigenvalue weighted by molar-refractivity contribution is 0.0368. The van der Waals surface area contributed by atoms with Crippen LogP contribution in [0.15, 0.2) is 48.5 Å². The summed E-state index contributed by atoms with van der Waals surface area (Å²) < 4.78 is 16.7. The largest absolute Gasteiger partial charge is 0.483 e. The van der Waals surface area contributed by atoms with Gasteiger partial charge in [-0.25, -0.2) is 0 Å². The van der Waals surface area contributed by atoms with Crippen molar-refractivity contribution in [3.8, 4) is 17.2 Å². The summed E-state index contributed by atoms with van der Waals surface area (Å²) >= 11 is 0. The fourth-order valence-electron chi connectivity index (χ4n) is 2.42. The summed E-state index contributed by atoms with van der Waals surface area (Å²) in [5.41, 5.74) is 0.919. The smallest absolute Gasteiger partial charge is 0.231 e. The normalized spacial score (nSPS) is 15.4. The van der Waals surface area contributed by atoms with Gasteiger partial charge < -0.3 is 24.6 Å². The number of aliphatic hydroxyl groups excluding tert-OH is 1. The third kappa shape index (κ3) is 3.16. The minimum Gasteiger partial charge on any atom is -0.483 e. The second-order valence-corrected chi connectivity index (χ2v) is 5.09. The summed E-state index contributed by atoms with van der Waals surface area (Å²) in [7, 11) is 1.80. The summed E-state index contributed by atoms with van der Waals surface area (Å²) in [6.45, 7) is 0.660. The molecule has 5 nitrogen and oxygen atoms in total. The standard InChI is InChI=1S/C17H19NO4/c1-18-10-14(19)17(12-5-3-2-4-6-12)22-13-7-8-15-16(9-13)21-11-20-15/h2-9,14,17-19H,10-11H2,1H3. The molecule has 2 N–H and O–H groups in total. The molecular formula is C17H19NO4. The molecule has 5 heteroatoms. The molecule has 0 spiro atoms. The van der Waals surface area contributed by atoms with Crippen LogP contribution in [0.25, 0.3) is 0 Å². The molecule has 116 valence electrons. The zero-order valence-corrected chi connectivity index (χ0v) is 12.4. The van der Waals surface area contributed by atoms with Crippen molar-refractivity contribution in [1.29, 1.82) is 0 Å². The first-order valence-electron chi connectivity index (χ1n) is 7.22. The highest BCUT2D eigenvalue weighted by molar-refractivity contribution is 5.47. The predicted molar refractivity (Wildman–Crippen MR) is 82.3 cm³/mol. The first kappa shape index (κ1) is 14.7. The van der Waals surface area contributed by atoms with Crippen LogP contribution < -0.4 is 19.5 Å². The van der Waals surface area contributed by atoms with Gasteiger partial charge in [0.25, 0.3) is 0 Å². The van der Waals surface area contributed by atoms with Gasteiger partial charge in [0.1, 0.15) is 11.9 Å². The fourth-order valence-corrected chi connectivity index (χ4v) is 2.42. The maximum absolute atomic E-state index is 10.4. The third-order valence-electron chi connectivity index (χ3n) is 3.50.